The van der Waals surface area contributed by atoms with Crippen molar-refractivity contribution in [3.8, 4) is 0 Å². The van der Waals surface area contributed by atoms with Gasteiger partial charge < -0.3 is 0 Å². The van der Waals surface area contributed by atoms with Gasteiger partial charge >= 0.3 is 112 Å². The van der Waals surface area contributed by atoms with Gasteiger partial charge in [-0.3, -0.25) is 0 Å². The summed E-state index contributed by atoms with van der Waals surface area (Å²) in [6, 6.07) is 9.61. The fourth-order valence-corrected chi connectivity index (χ4v) is 3.57. The average molecular weight is 345 g/mol. The number of rotatable bonds is 4. The van der Waals surface area contributed by atoms with Crippen molar-refractivity contribution in [1.29, 1.82) is 0 Å². The molecule has 0 saturated carbocycles. The summed E-state index contributed by atoms with van der Waals surface area (Å²) in [5, 5.41) is 0. The molecule has 0 saturated heterocycles. The van der Waals surface area contributed by atoms with Crippen LogP contribution in [0.4, 0.5) is 4.79 Å². The quantitative estimate of drug-likeness (QED) is 0.619. The van der Waals surface area contributed by atoms with Crippen LogP contribution >= 0.6 is 0 Å². The second kappa shape index (κ2) is 6.58. The second-order valence-electron chi connectivity index (χ2n) is 3.75. The van der Waals surface area contributed by atoms with Crippen LogP contribution in [0.2, 0.25) is 0 Å². The van der Waals surface area contributed by atoms with E-state index in [4.69, 9.17) is 0 Å². The normalized spacial score (nSPS) is 11.1. The second-order valence-corrected chi connectivity index (χ2v) is 6.58. The Kier molecular flexibility index (Phi) is 5.40. The number of hydrogen-bond acceptors (Lipinski definition) is 2. The number of amides is 1. The summed E-state index contributed by atoms with van der Waals surface area (Å²) in [5.74, 6) is -0.0134. The first-order valence-electron chi connectivity index (χ1n) is 5.17. The molecule has 0 bridgehead atoms. The molecule has 4 heteroatoms. The first-order chi connectivity index (χ1) is 8.00. The molecule has 3 nitrogen and oxygen atoms in total. The van der Waals surface area contributed by atoms with Crippen molar-refractivity contribution in [3.63, 3.8) is 0 Å². The van der Waals surface area contributed by atoms with Crippen molar-refractivity contribution in [2.45, 2.75) is 6.92 Å². The monoisotopic (exact) mass is 347 g/mol. The molecule has 1 rings (SSSR count). The molecule has 1 aromatic carbocycles. The Morgan fingerprint density at radius 1 is 1.18 bits per heavy atom. The number of carbonyl (C=O) groups is 2. The SMILES string of the molecule is CC(=O)/C=C(/[Te]C(=O)N(C)C)c1ccccc1. The summed E-state index contributed by atoms with van der Waals surface area (Å²) >= 11 is -1.02. The number of nitrogens with zero attached hydrogens (tertiary/aromatic N) is 1. The molecule has 0 fully saturated rings. The molecule has 0 N–H and O–H groups in total. The average Bonchev–Trinajstić information content (AvgIpc) is 2.28. The van der Waals surface area contributed by atoms with Crippen molar-refractivity contribution >= 4 is 34.3 Å². The van der Waals surface area contributed by atoms with E-state index in [-0.39, 0.29) is 9.74 Å². The Morgan fingerprint density at radius 2 is 1.76 bits per heavy atom. The van der Waals surface area contributed by atoms with Crippen LogP contribution in [-0.4, -0.2) is 49.7 Å². The molecule has 1 amide bonds. The maximum absolute atomic E-state index is 11.7. The van der Waals surface area contributed by atoms with E-state index < -0.39 is 20.9 Å². The molecule has 0 unspecified atom stereocenters. The van der Waals surface area contributed by atoms with Crippen LogP contribution in [0.1, 0.15) is 12.5 Å². The zero-order valence-corrected chi connectivity index (χ0v) is 12.5. The number of ketones is 1. The molecule has 0 aromatic heterocycles. The third-order valence-corrected chi connectivity index (χ3v) is 5.13. The van der Waals surface area contributed by atoms with Gasteiger partial charge in [0, 0.05) is 0 Å². The topological polar surface area (TPSA) is 37.4 Å². The number of benzene rings is 1. The fourth-order valence-electron chi connectivity index (χ4n) is 1.14. The molecule has 0 spiro atoms. The van der Waals surface area contributed by atoms with Crippen LogP contribution in [-0.2, 0) is 4.79 Å². The van der Waals surface area contributed by atoms with E-state index in [1.165, 1.54) is 6.92 Å². The molecular formula is C13H15NO2Te. The molecule has 0 aliphatic rings. The molecular weight excluding hydrogens is 330 g/mol. The van der Waals surface area contributed by atoms with Crippen LogP contribution in [0.5, 0.6) is 0 Å². The Labute approximate surface area is 112 Å². The summed E-state index contributed by atoms with van der Waals surface area (Å²) in [6.07, 6.45) is 1.58. The van der Waals surface area contributed by atoms with Gasteiger partial charge in [0.15, 0.2) is 0 Å². The zero-order valence-electron chi connectivity index (χ0n) is 10.1. The van der Waals surface area contributed by atoms with Gasteiger partial charge in [-0.25, -0.2) is 0 Å². The molecule has 0 atom stereocenters. The standard InChI is InChI=1S/C13H15NO2Te/c1-10(15)9-12(17-13(16)14(2)3)11-7-5-4-6-8-11/h4-9H,1-3H3/b12-9+. The van der Waals surface area contributed by atoms with E-state index in [0.29, 0.717) is 0 Å². The molecule has 0 heterocycles. The van der Waals surface area contributed by atoms with E-state index >= 15 is 0 Å². The summed E-state index contributed by atoms with van der Waals surface area (Å²) in [7, 11) is 3.48. The number of hydrogen-bond donors (Lipinski definition) is 0. The molecule has 17 heavy (non-hydrogen) atoms. The number of carbonyl (C=O) groups excluding carboxylic acids is 2. The van der Waals surface area contributed by atoms with Gasteiger partial charge in [0.1, 0.15) is 0 Å². The molecule has 0 aliphatic heterocycles. The van der Waals surface area contributed by atoms with E-state index in [9.17, 15) is 9.59 Å². The van der Waals surface area contributed by atoms with E-state index in [2.05, 4.69) is 0 Å². The zero-order chi connectivity index (χ0) is 12.8. The van der Waals surface area contributed by atoms with Gasteiger partial charge in [-0.1, -0.05) is 0 Å². The Hall–Kier alpha value is -1.11. The Balaban J connectivity index is 2.98. The first kappa shape index (κ1) is 14.0. The molecule has 0 radical (unpaired) electrons. The van der Waals surface area contributed by atoms with Crippen molar-refractivity contribution in [2.75, 3.05) is 14.1 Å². The molecule has 90 valence electrons. The Bertz CT molecular complexity index is 438. The summed E-state index contributed by atoms with van der Waals surface area (Å²) in [6.45, 7) is 1.51. The minimum absolute atomic E-state index is 0.0134. The first-order valence-corrected chi connectivity index (χ1v) is 7.50. The van der Waals surface area contributed by atoms with Crippen LogP contribution in [0.15, 0.2) is 36.4 Å². The van der Waals surface area contributed by atoms with Gasteiger partial charge in [-0.2, -0.15) is 0 Å². The number of allylic oxidation sites excluding steroid dienone is 1. The summed E-state index contributed by atoms with van der Waals surface area (Å²) < 4.78 is 1.01. The van der Waals surface area contributed by atoms with Crippen LogP contribution in [0.25, 0.3) is 3.62 Å². The van der Waals surface area contributed by atoms with Crippen molar-refractivity contribution in [2.24, 2.45) is 0 Å². The predicted octanol–water partition coefficient (Wildman–Crippen LogP) is 2.00. The van der Waals surface area contributed by atoms with Crippen LogP contribution in [0, 0.1) is 0 Å². The van der Waals surface area contributed by atoms with Crippen molar-refractivity contribution in [3.05, 3.63) is 42.0 Å². The maximum atomic E-state index is 11.7. The van der Waals surface area contributed by atoms with Gasteiger partial charge in [0.05, 0.1) is 0 Å². The predicted molar refractivity (Wildman–Crippen MR) is 69.9 cm³/mol. The third-order valence-electron chi connectivity index (χ3n) is 1.96. The minimum atomic E-state index is -1.02. The summed E-state index contributed by atoms with van der Waals surface area (Å²) in [5.41, 5.74) is 0.973. The summed E-state index contributed by atoms with van der Waals surface area (Å²) in [4.78, 5) is 24.5. The van der Waals surface area contributed by atoms with E-state index in [1.807, 2.05) is 30.3 Å². The van der Waals surface area contributed by atoms with E-state index in [1.54, 1.807) is 25.1 Å². The van der Waals surface area contributed by atoms with Crippen molar-refractivity contribution < 1.29 is 9.59 Å². The van der Waals surface area contributed by atoms with Gasteiger partial charge in [-0.05, 0) is 0 Å². The molecule has 1 aromatic rings. The molecule has 0 aliphatic carbocycles. The van der Waals surface area contributed by atoms with Gasteiger partial charge in [0.2, 0.25) is 0 Å². The van der Waals surface area contributed by atoms with E-state index in [0.717, 1.165) is 9.18 Å². The Morgan fingerprint density at radius 3 is 2.24 bits per heavy atom. The third kappa shape index (κ3) is 4.72. The van der Waals surface area contributed by atoms with Crippen molar-refractivity contribution in [1.82, 2.24) is 4.90 Å². The van der Waals surface area contributed by atoms with Crippen LogP contribution < -0.4 is 0 Å². The fraction of sp³-hybridized carbons (Fsp3) is 0.231. The van der Waals surface area contributed by atoms with Gasteiger partial charge in [0.25, 0.3) is 0 Å². The van der Waals surface area contributed by atoms with Gasteiger partial charge in [-0.15, -0.1) is 0 Å². The van der Waals surface area contributed by atoms with Crippen LogP contribution in [0.3, 0.4) is 0 Å².